The van der Waals surface area contributed by atoms with Gasteiger partial charge in [-0.25, -0.2) is 4.98 Å². The minimum Gasteiger partial charge on any atom is -0.384 e. The van der Waals surface area contributed by atoms with E-state index in [0.717, 1.165) is 11.8 Å². The molecule has 0 atom stereocenters. The molecule has 9 heteroatoms. The van der Waals surface area contributed by atoms with Crippen molar-refractivity contribution in [2.24, 2.45) is 7.05 Å². The average molecular weight is 290 g/mol. The van der Waals surface area contributed by atoms with Gasteiger partial charge in [0, 0.05) is 19.8 Å². The molecule has 0 radical (unpaired) electrons. The van der Waals surface area contributed by atoms with Crippen molar-refractivity contribution in [3.63, 3.8) is 0 Å². The number of aromatic nitrogens is 3. The summed E-state index contributed by atoms with van der Waals surface area (Å²) in [5, 5.41) is 17.5. The average Bonchev–Trinajstić information content (AvgIpc) is 2.84. The molecule has 1 amide bonds. The van der Waals surface area contributed by atoms with Crippen LogP contribution in [0.15, 0.2) is 24.7 Å². The lowest BCUT2D eigenvalue weighted by Crippen LogP contribution is -2.26. The molecule has 0 fully saturated rings. The molecular weight excluding hydrogens is 276 g/mol. The third-order valence-electron chi connectivity index (χ3n) is 2.80. The minimum atomic E-state index is -0.664. The SMILES string of the molecule is Cn1cc(CCNC(=O)c2cc(N)ncc2[N+](=O)[O-])cn1. The number of pyridine rings is 1. The van der Waals surface area contributed by atoms with Gasteiger partial charge in [0.2, 0.25) is 0 Å². The molecule has 3 N–H and O–H groups in total. The lowest BCUT2D eigenvalue weighted by Gasteiger charge is -2.05. The molecule has 21 heavy (non-hydrogen) atoms. The van der Waals surface area contributed by atoms with Gasteiger partial charge >= 0.3 is 0 Å². The molecule has 0 spiro atoms. The first-order chi connectivity index (χ1) is 9.97. The minimum absolute atomic E-state index is 0.0537. The molecule has 2 aromatic rings. The Morgan fingerprint density at radius 3 is 2.90 bits per heavy atom. The Balaban J connectivity index is 2.03. The summed E-state index contributed by atoms with van der Waals surface area (Å²) < 4.78 is 1.66. The number of amides is 1. The predicted molar refractivity (Wildman–Crippen MR) is 74.5 cm³/mol. The molecule has 2 heterocycles. The summed E-state index contributed by atoms with van der Waals surface area (Å²) in [4.78, 5) is 25.8. The van der Waals surface area contributed by atoms with E-state index in [0.29, 0.717) is 13.0 Å². The first-order valence-corrected chi connectivity index (χ1v) is 6.13. The number of hydrogen-bond acceptors (Lipinski definition) is 6. The number of carbonyl (C=O) groups is 1. The smallest absolute Gasteiger partial charge is 0.300 e. The van der Waals surface area contributed by atoms with E-state index in [2.05, 4.69) is 15.4 Å². The van der Waals surface area contributed by atoms with Gasteiger partial charge in [-0.3, -0.25) is 19.6 Å². The van der Waals surface area contributed by atoms with Gasteiger partial charge in [0.15, 0.2) is 0 Å². The second-order valence-corrected chi connectivity index (χ2v) is 4.41. The molecule has 0 aromatic carbocycles. The lowest BCUT2D eigenvalue weighted by atomic mass is 10.2. The number of rotatable bonds is 5. The van der Waals surface area contributed by atoms with Crippen LogP contribution in [-0.2, 0) is 13.5 Å². The number of nitrogen functional groups attached to an aromatic ring is 1. The van der Waals surface area contributed by atoms with Crippen LogP contribution in [0.4, 0.5) is 11.5 Å². The standard InChI is InChI=1S/C12H14N6O3/c1-17-7-8(5-16-17)2-3-14-12(19)9-4-11(13)15-6-10(9)18(20)21/h4-7H,2-3H2,1H3,(H2,13,15)(H,14,19). The van der Waals surface area contributed by atoms with E-state index in [-0.39, 0.29) is 17.1 Å². The van der Waals surface area contributed by atoms with Crippen LogP contribution in [0.3, 0.4) is 0 Å². The third-order valence-corrected chi connectivity index (χ3v) is 2.80. The monoisotopic (exact) mass is 290 g/mol. The van der Waals surface area contributed by atoms with Crippen molar-refractivity contribution in [1.29, 1.82) is 0 Å². The molecule has 0 bridgehead atoms. The maximum Gasteiger partial charge on any atom is 0.300 e. The number of anilines is 1. The van der Waals surface area contributed by atoms with Crippen molar-refractivity contribution in [3.05, 3.63) is 45.9 Å². The van der Waals surface area contributed by atoms with E-state index in [1.807, 2.05) is 6.20 Å². The van der Waals surface area contributed by atoms with Gasteiger partial charge in [-0.1, -0.05) is 0 Å². The van der Waals surface area contributed by atoms with Crippen molar-refractivity contribution in [3.8, 4) is 0 Å². The number of aryl methyl sites for hydroxylation is 1. The Morgan fingerprint density at radius 1 is 1.52 bits per heavy atom. The summed E-state index contributed by atoms with van der Waals surface area (Å²) in [5.74, 6) is -0.502. The Bertz CT molecular complexity index is 681. The predicted octanol–water partition coefficient (Wildman–Crippen LogP) is 0.278. The molecule has 0 aliphatic heterocycles. The molecular formula is C12H14N6O3. The summed E-state index contributed by atoms with van der Waals surface area (Å²) in [6.45, 7) is 0.337. The fraction of sp³-hybridized carbons (Fsp3) is 0.250. The van der Waals surface area contributed by atoms with E-state index in [1.165, 1.54) is 6.07 Å². The highest BCUT2D eigenvalue weighted by atomic mass is 16.6. The van der Waals surface area contributed by atoms with Gasteiger partial charge in [-0.15, -0.1) is 0 Å². The van der Waals surface area contributed by atoms with E-state index >= 15 is 0 Å². The molecule has 0 saturated carbocycles. The Kier molecular flexibility index (Phi) is 4.12. The Morgan fingerprint density at radius 2 is 2.29 bits per heavy atom. The highest BCUT2D eigenvalue weighted by molar-refractivity contribution is 5.98. The van der Waals surface area contributed by atoms with Crippen LogP contribution in [0.2, 0.25) is 0 Å². The van der Waals surface area contributed by atoms with Crippen LogP contribution in [0.5, 0.6) is 0 Å². The molecule has 0 aliphatic rings. The van der Waals surface area contributed by atoms with Crippen molar-refractivity contribution < 1.29 is 9.72 Å². The third kappa shape index (κ3) is 3.53. The Labute approximate surface area is 119 Å². The topological polar surface area (TPSA) is 129 Å². The van der Waals surface area contributed by atoms with Crippen LogP contribution in [0.1, 0.15) is 15.9 Å². The van der Waals surface area contributed by atoms with Gasteiger partial charge < -0.3 is 11.1 Å². The maximum atomic E-state index is 12.0. The largest absolute Gasteiger partial charge is 0.384 e. The molecule has 0 unspecified atom stereocenters. The van der Waals surface area contributed by atoms with Gasteiger partial charge in [0.1, 0.15) is 17.6 Å². The first kappa shape index (κ1) is 14.4. The molecule has 9 nitrogen and oxygen atoms in total. The molecule has 2 aromatic heterocycles. The summed E-state index contributed by atoms with van der Waals surface area (Å²) in [6, 6.07) is 1.19. The number of carbonyl (C=O) groups excluding carboxylic acids is 1. The van der Waals surface area contributed by atoms with Gasteiger partial charge in [0.05, 0.1) is 11.1 Å². The van der Waals surface area contributed by atoms with Crippen LogP contribution in [0, 0.1) is 10.1 Å². The zero-order valence-electron chi connectivity index (χ0n) is 11.3. The zero-order valence-corrected chi connectivity index (χ0v) is 11.3. The van der Waals surface area contributed by atoms with Crippen molar-refractivity contribution in [2.75, 3.05) is 12.3 Å². The second kappa shape index (κ2) is 5.99. The van der Waals surface area contributed by atoms with E-state index in [1.54, 1.807) is 17.9 Å². The van der Waals surface area contributed by atoms with Crippen LogP contribution in [0.25, 0.3) is 0 Å². The van der Waals surface area contributed by atoms with Crippen LogP contribution < -0.4 is 11.1 Å². The highest BCUT2D eigenvalue weighted by Crippen LogP contribution is 2.18. The number of nitrogens with zero attached hydrogens (tertiary/aromatic N) is 4. The fourth-order valence-electron chi connectivity index (χ4n) is 1.81. The lowest BCUT2D eigenvalue weighted by molar-refractivity contribution is -0.385. The zero-order chi connectivity index (χ0) is 15.4. The summed E-state index contributed by atoms with van der Waals surface area (Å²) in [5.41, 5.74) is 5.95. The summed E-state index contributed by atoms with van der Waals surface area (Å²) in [7, 11) is 1.80. The molecule has 110 valence electrons. The highest BCUT2D eigenvalue weighted by Gasteiger charge is 2.20. The van der Waals surface area contributed by atoms with E-state index < -0.39 is 10.8 Å². The van der Waals surface area contributed by atoms with Crippen molar-refractivity contribution in [1.82, 2.24) is 20.1 Å². The second-order valence-electron chi connectivity index (χ2n) is 4.41. The van der Waals surface area contributed by atoms with Crippen LogP contribution in [-0.4, -0.2) is 32.1 Å². The van der Waals surface area contributed by atoms with Crippen LogP contribution >= 0.6 is 0 Å². The normalized spacial score (nSPS) is 10.3. The number of nitrogens with one attached hydrogen (secondary N) is 1. The molecule has 2 rings (SSSR count). The van der Waals surface area contributed by atoms with Gasteiger partial charge in [0.25, 0.3) is 11.6 Å². The Hall–Kier alpha value is -2.97. The summed E-state index contributed by atoms with van der Waals surface area (Å²) >= 11 is 0. The molecule has 0 aliphatic carbocycles. The maximum absolute atomic E-state index is 12.0. The van der Waals surface area contributed by atoms with Gasteiger partial charge in [-0.2, -0.15) is 5.10 Å². The quantitative estimate of drug-likeness (QED) is 0.601. The summed E-state index contributed by atoms with van der Waals surface area (Å²) in [6.07, 6.45) is 5.08. The number of nitrogens with two attached hydrogens (primary N) is 1. The van der Waals surface area contributed by atoms with E-state index in [9.17, 15) is 14.9 Å². The van der Waals surface area contributed by atoms with E-state index in [4.69, 9.17) is 5.73 Å². The van der Waals surface area contributed by atoms with Gasteiger partial charge in [-0.05, 0) is 18.1 Å². The number of nitro groups is 1. The first-order valence-electron chi connectivity index (χ1n) is 6.13. The fourth-order valence-corrected chi connectivity index (χ4v) is 1.81. The number of hydrogen-bond donors (Lipinski definition) is 2. The van der Waals surface area contributed by atoms with Crippen molar-refractivity contribution >= 4 is 17.4 Å². The molecule has 0 saturated heterocycles. The van der Waals surface area contributed by atoms with Crippen molar-refractivity contribution in [2.45, 2.75) is 6.42 Å².